The summed E-state index contributed by atoms with van der Waals surface area (Å²) < 4.78 is 9.97. The van der Waals surface area contributed by atoms with Crippen molar-refractivity contribution in [3.63, 3.8) is 0 Å². The van der Waals surface area contributed by atoms with Crippen molar-refractivity contribution in [2.24, 2.45) is 0 Å². The Morgan fingerprint density at radius 2 is 2.00 bits per heavy atom. The maximum Gasteiger partial charge on any atom is 0.350 e. The van der Waals surface area contributed by atoms with Crippen molar-refractivity contribution in [3.8, 4) is 11.8 Å². The van der Waals surface area contributed by atoms with Gasteiger partial charge in [0.25, 0.3) is 0 Å². The first-order valence-corrected chi connectivity index (χ1v) is 5.78. The number of nitrogens with zero attached hydrogens (tertiary/aromatic N) is 1. The molecule has 19 heavy (non-hydrogen) atoms. The summed E-state index contributed by atoms with van der Waals surface area (Å²) >= 11 is 0. The number of hydrogen-bond acceptors (Lipinski definition) is 5. The Morgan fingerprint density at radius 3 is 2.47 bits per heavy atom. The van der Waals surface area contributed by atoms with Crippen molar-refractivity contribution < 1.29 is 14.3 Å². The van der Waals surface area contributed by atoms with E-state index in [0.29, 0.717) is 0 Å². The number of anilines is 1. The SMILES string of the molecule is COc1ccc(N/C=C(\C#N)C(=O)OC(C)C)cc1. The van der Waals surface area contributed by atoms with Gasteiger partial charge in [0.15, 0.2) is 5.57 Å². The normalized spacial score (nSPS) is 10.8. The Balaban J connectivity index is 2.71. The number of methoxy groups -OCH3 is 1. The maximum absolute atomic E-state index is 11.5. The fraction of sp³-hybridized carbons (Fsp3) is 0.286. The number of nitriles is 1. The average Bonchev–Trinajstić information content (AvgIpc) is 2.39. The molecule has 0 aliphatic carbocycles. The minimum absolute atomic E-state index is 0.0791. The highest BCUT2D eigenvalue weighted by Gasteiger charge is 2.11. The van der Waals surface area contributed by atoms with E-state index in [2.05, 4.69) is 5.32 Å². The van der Waals surface area contributed by atoms with Crippen molar-refractivity contribution in [1.82, 2.24) is 0 Å². The molecule has 0 amide bonds. The lowest BCUT2D eigenvalue weighted by Crippen LogP contribution is -2.13. The highest BCUT2D eigenvalue weighted by molar-refractivity contribution is 5.93. The van der Waals surface area contributed by atoms with Gasteiger partial charge >= 0.3 is 5.97 Å². The molecule has 0 aliphatic rings. The van der Waals surface area contributed by atoms with Crippen molar-refractivity contribution in [3.05, 3.63) is 36.0 Å². The fourth-order valence-corrected chi connectivity index (χ4v) is 1.26. The number of esters is 1. The average molecular weight is 260 g/mol. The minimum Gasteiger partial charge on any atom is -0.497 e. The zero-order chi connectivity index (χ0) is 14.3. The van der Waals surface area contributed by atoms with Crippen LogP contribution in [0.1, 0.15) is 13.8 Å². The van der Waals surface area contributed by atoms with Gasteiger partial charge in [0.1, 0.15) is 11.8 Å². The Morgan fingerprint density at radius 1 is 1.37 bits per heavy atom. The zero-order valence-corrected chi connectivity index (χ0v) is 11.1. The lowest BCUT2D eigenvalue weighted by atomic mass is 10.3. The number of carbonyl (C=O) groups is 1. The second kappa shape index (κ2) is 7.07. The summed E-state index contributed by atoms with van der Waals surface area (Å²) in [6.07, 6.45) is 1.07. The van der Waals surface area contributed by atoms with Crippen LogP contribution < -0.4 is 10.1 Å². The molecule has 0 atom stereocenters. The molecule has 0 bridgehead atoms. The molecular formula is C14H16N2O3. The van der Waals surface area contributed by atoms with Crippen LogP contribution in [0.2, 0.25) is 0 Å². The molecule has 0 fully saturated rings. The molecule has 0 aliphatic heterocycles. The van der Waals surface area contributed by atoms with Gasteiger partial charge in [-0.25, -0.2) is 4.79 Å². The molecule has 0 spiro atoms. The topological polar surface area (TPSA) is 71.3 Å². The van der Waals surface area contributed by atoms with E-state index in [1.54, 1.807) is 51.3 Å². The summed E-state index contributed by atoms with van der Waals surface area (Å²) in [5.41, 5.74) is 0.662. The van der Waals surface area contributed by atoms with E-state index >= 15 is 0 Å². The van der Waals surface area contributed by atoms with Crippen molar-refractivity contribution in [1.29, 1.82) is 5.26 Å². The van der Waals surface area contributed by atoms with E-state index in [-0.39, 0.29) is 11.7 Å². The fourth-order valence-electron chi connectivity index (χ4n) is 1.26. The Bertz CT molecular complexity index is 498. The van der Waals surface area contributed by atoms with E-state index in [4.69, 9.17) is 14.7 Å². The zero-order valence-electron chi connectivity index (χ0n) is 11.1. The number of nitrogens with one attached hydrogen (secondary N) is 1. The lowest BCUT2D eigenvalue weighted by molar-refractivity contribution is -0.142. The number of benzene rings is 1. The van der Waals surface area contributed by atoms with Gasteiger partial charge in [-0.2, -0.15) is 5.26 Å². The molecule has 0 radical (unpaired) electrons. The Hall–Kier alpha value is -2.48. The number of hydrogen-bond donors (Lipinski definition) is 1. The summed E-state index contributed by atoms with van der Waals surface area (Å²) in [5.74, 6) is 0.0905. The van der Waals surface area contributed by atoms with Crippen LogP contribution in [0.25, 0.3) is 0 Å². The van der Waals surface area contributed by atoms with Crippen LogP contribution in [-0.2, 0) is 9.53 Å². The molecule has 100 valence electrons. The van der Waals surface area contributed by atoms with Crippen LogP contribution in [0.5, 0.6) is 5.75 Å². The van der Waals surface area contributed by atoms with Gasteiger partial charge in [0.2, 0.25) is 0 Å². The largest absolute Gasteiger partial charge is 0.497 e. The number of carbonyl (C=O) groups excluding carboxylic acids is 1. The smallest absolute Gasteiger partial charge is 0.350 e. The monoisotopic (exact) mass is 260 g/mol. The number of ether oxygens (including phenoxy) is 2. The summed E-state index contributed by atoms with van der Waals surface area (Å²) in [7, 11) is 1.58. The summed E-state index contributed by atoms with van der Waals surface area (Å²) in [5, 5.41) is 11.8. The van der Waals surface area contributed by atoms with Crippen LogP contribution >= 0.6 is 0 Å². The second-order valence-electron chi connectivity index (χ2n) is 4.00. The molecule has 1 aromatic carbocycles. The highest BCUT2D eigenvalue weighted by Crippen LogP contribution is 2.15. The highest BCUT2D eigenvalue weighted by atomic mass is 16.5. The molecule has 1 N–H and O–H groups in total. The van der Waals surface area contributed by atoms with Gasteiger partial charge in [0.05, 0.1) is 13.2 Å². The van der Waals surface area contributed by atoms with Gasteiger partial charge in [-0.3, -0.25) is 0 Å². The predicted molar refractivity (Wildman–Crippen MR) is 71.5 cm³/mol. The standard InChI is InChI=1S/C14H16N2O3/c1-10(2)19-14(17)11(8-15)9-16-12-4-6-13(18-3)7-5-12/h4-7,9-10,16H,1-3H3/b11-9+. The van der Waals surface area contributed by atoms with Crippen LogP contribution in [0.4, 0.5) is 5.69 Å². The molecule has 1 aromatic rings. The van der Waals surface area contributed by atoms with Crippen molar-refractivity contribution >= 4 is 11.7 Å². The second-order valence-corrected chi connectivity index (χ2v) is 4.00. The molecule has 1 rings (SSSR count). The third-order valence-electron chi connectivity index (χ3n) is 2.16. The molecule has 0 saturated heterocycles. The predicted octanol–water partition coefficient (Wildman–Crippen LogP) is 2.47. The van der Waals surface area contributed by atoms with Gasteiger partial charge in [-0.1, -0.05) is 0 Å². The van der Waals surface area contributed by atoms with E-state index in [9.17, 15) is 4.79 Å². The molecule has 0 heterocycles. The summed E-state index contributed by atoms with van der Waals surface area (Å²) in [4.78, 5) is 11.5. The summed E-state index contributed by atoms with van der Waals surface area (Å²) in [6, 6.07) is 8.90. The Labute approximate surface area is 112 Å². The van der Waals surface area contributed by atoms with Gasteiger partial charge in [-0.05, 0) is 38.1 Å². The van der Waals surface area contributed by atoms with E-state index in [0.717, 1.165) is 11.4 Å². The molecule has 0 aromatic heterocycles. The van der Waals surface area contributed by atoms with Crippen LogP contribution in [-0.4, -0.2) is 19.2 Å². The van der Waals surface area contributed by atoms with Crippen molar-refractivity contribution in [2.75, 3.05) is 12.4 Å². The molecule has 5 nitrogen and oxygen atoms in total. The van der Waals surface area contributed by atoms with E-state index in [1.807, 2.05) is 0 Å². The molecule has 0 saturated carbocycles. The third kappa shape index (κ3) is 4.72. The molecular weight excluding hydrogens is 244 g/mol. The number of rotatable bonds is 5. The first-order valence-electron chi connectivity index (χ1n) is 5.78. The molecule has 0 unspecified atom stereocenters. The third-order valence-corrected chi connectivity index (χ3v) is 2.16. The van der Waals surface area contributed by atoms with Gasteiger partial charge in [-0.15, -0.1) is 0 Å². The minimum atomic E-state index is -0.640. The van der Waals surface area contributed by atoms with Crippen LogP contribution in [0.15, 0.2) is 36.0 Å². The van der Waals surface area contributed by atoms with Crippen LogP contribution in [0, 0.1) is 11.3 Å². The van der Waals surface area contributed by atoms with Crippen LogP contribution in [0.3, 0.4) is 0 Å². The molecule has 5 heteroatoms. The van der Waals surface area contributed by atoms with E-state index < -0.39 is 5.97 Å². The Kier molecular flexibility index (Phi) is 5.42. The van der Waals surface area contributed by atoms with E-state index in [1.165, 1.54) is 6.20 Å². The quantitative estimate of drug-likeness (QED) is 0.500. The maximum atomic E-state index is 11.5. The summed E-state index contributed by atoms with van der Waals surface area (Å²) in [6.45, 7) is 3.45. The van der Waals surface area contributed by atoms with Gasteiger partial charge < -0.3 is 14.8 Å². The first-order chi connectivity index (χ1) is 9.06. The van der Waals surface area contributed by atoms with Gasteiger partial charge in [0, 0.05) is 11.9 Å². The van der Waals surface area contributed by atoms with Crippen molar-refractivity contribution in [2.45, 2.75) is 20.0 Å². The first kappa shape index (κ1) is 14.6. The lowest BCUT2D eigenvalue weighted by Gasteiger charge is -2.07.